The van der Waals surface area contributed by atoms with Gasteiger partial charge >= 0.3 is 6.03 Å². The van der Waals surface area contributed by atoms with E-state index in [-0.39, 0.29) is 18.5 Å². The lowest BCUT2D eigenvalue weighted by atomic mass is 10.3. The molecule has 0 spiro atoms. The Morgan fingerprint density at radius 1 is 1.13 bits per heavy atom. The zero-order valence-corrected chi connectivity index (χ0v) is 14.6. The number of carbonyl (C=O) groups excluding carboxylic acids is 2. The highest BCUT2D eigenvalue weighted by Crippen LogP contribution is 2.22. The van der Waals surface area contributed by atoms with Gasteiger partial charge in [0, 0.05) is 36.9 Å². The number of urea groups is 1. The zero-order valence-electron chi connectivity index (χ0n) is 13.8. The SMILES string of the molecule is CCCN(CCC)C(=O)CN1CCN(c2ccc(Cl)cc2)C1=O. The molecule has 0 unspecified atom stereocenters. The Hall–Kier alpha value is -1.75. The highest BCUT2D eigenvalue weighted by Gasteiger charge is 2.31. The number of hydrogen-bond acceptors (Lipinski definition) is 2. The van der Waals surface area contributed by atoms with Crippen molar-refractivity contribution in [3.63, 3.8) is 0 Å². The van der Waals surface area contributed by atoms with Gasteiger partial charge in [-0.15, -0.1) is 0 Å². The van der Waals surface area contributed by atoms with E-state index in [0.29, 0.717) is 18.1 Å². The highest BCUT2D eigenvalue weighted by molar-refractivity contribution is 6.30. The summed E-state index contributed by atoms with van der Waals surface area (Å²) in [5.41, 5.74) is 0.813. The fourth-order valence-electron chi connectivity index (χ4n) is 2.75. The van der Waals surface area contributed by atoms with Crippen LogP contribution < -0.4 is 4.90 Å². The first-order chi connectivity index (χ1) is 11.1. The third-order valence-corrected chi connectivity index (χ3v) is 4.15. The number of amides is 3. The van der Waals surface area contributed by atoms with Crippen LogP contribution in [0.4, 0.5) is 10.5 Å². The Bertz CT molecular complexity index is 541. The normalized spacial score (nSPS) is 14.5. The maximum absolute atomic E-state index is 12.5. The van der Waals surface area contributed by atoms with Crippen molar-refractivity contribution in [1.82, 2.24) is 9.80 Å². The van der Waals surface area contributed by atoms with Crippen LogP contribution in [0.2, 0.25) is 5.02 Å². The van der Waals surface area contributed by atoms with Gasteiger partial charge in [-0.1, -0.05) is 25.4 Å². The first-order valence-corrected chi connectivity index (χ1v) is 8.54. The first kappa shape index (κ1) is 17.6. The van der Waals surface area contributed by atoms with Gasteiger partial charge < -0.3 is 9.80 Å². The quantitative estimate of drug-likeness (QED) is 0.766. The molecule has 0 atom stereocenters. The number of anilines is 1. The predicted molar refractivity (Wildman–Crippen MR) is 92.9 cm³/mol. The molecule has 3 amide bonds. The Labute approximate surface area is 142 Å². The van der Waals surface area contributed by atoms with Crippen LogP contribution in [0.1, 0.15) is 26.7 Å². The molecule has 0 aromatic heterocycles. The molecule has 1 aliphatic rings. The molecule has 2 rings (SSSR count). The second kappa shape index (κ2) is 8.20. The minimum atomic E-state index is -0.117. The van der Waals surface area contributed by atoms with Gasteiger partial charge in [-0.3, -0.25) is 9.69 Å². The lowest BCUT2D eigenvalue weighted by Gasteiger charge is -2.25. The second-order valence-corrected chi connectivity index (χ2v) is 6.15. The van der Waals surface area contributed by atoms with Gasteiger partial charge in [-0.05, 0) is 37.1 Å². The van der Waals surface area contributed by atoms with Crippen molar-refractivity contribution < 1.29 is 9.59 Å². The van der Waals surface area contributed by atoms with Crippen molar-refractivity contribution in [2.24, 2.45) is 0 Å². The second-order valence-electron chi connectivity index (χ2n) is 5.71. The molecule has 1 aliphatic heterocycles. The topological polar surface area (TPSA) is 43.9 Å². The van der Waals surface area contributed by atoms with Crippen molar-refractivity contribution in [2.45, 2.75) is 26.7 Å². The summed E-state index contributed by atoms with van der Waals surface area (Å²) in [6, 6.07) is 7.07. The van der Waals surface area contributed by atoms with Crippen LogP contribution in [0.3, 0.4) is 0 Å². The number of rotatable bonds is 7. The monoisotopic (exact) mass is 337 g/mol. The molecule has 0 N–H and O–H groups in total. The maximum atomic E-state index is 12.5. The van der Waals surface area contributed by atoms with Crippen molar-refractivity contribution in [3.8, 4) is 0 Å². The minimum Gasteiger partial charge on any atom is -0.341 e. The van der Waals surface area contributed by atoms with E-state index in [1.807, 2.05) is 17.0 Å². The summed E-state index contributed by atoms with van der Waals surface area (Å²) in [6.45, 7) is 6.92. The van der Waals surface area contributed by atoms with Crippen molar-refractivity contribution in [3.05, 3.63) is 29.3 Å². The summed E-state index contributed by atoms with van der Waals surface area (Å²) < 4.78 is 0. The average Bonchev–Trinajstić information content (AvgIpc) is 2.89. The van der Waals surface area contributed by atoms with Crippen LogP contribution in [0.15, 0.2) is 24.3 Å². The van der Waals surface area contributed by atoms with Gasteiger partial charge in [0.1, 0.15) is 6.54 Å². The van der Waals surface area contributed by atoms with Crippen LogP contribution in [0.5, 0.6) is 0 Å². The van der Waals surface area contributed by atoms with Gasteiger partial charge in [0.05, 0.1) is 0 Å². The van der Waals surface area contributed by atoms with Gasteiger partial charge in [-0.25, -0.2) is 4.79 Å². The molecule has 0 aliphatic carbocycles. The van der Waals surface area contributed by atoms with E-state index in [1.165, 1.54) is 0 Å². The van der Waals surface area contributed by atoms with Gasteiger partial charge in [0.25, 0.3) is 0 Å². The lowest BCUT2D eigenvalue weighted by molar-refractivity contribution is -0.131. The van der Waals surface area contributed by atoms with E-state index in [0.717, 1.165) is 31.6 Å². The smallest absolute Gasteiger partial charge is 0.325 e. The van der Waals surface area contributed by atoms with E-state index in [9.17, 15) is 9.59 Å². The number of nitrogens with zero attached hydrogens (tertiary/aromatic N) is 3. The average molecular weight is 338 g/mol. The maximum Gasteiger partial charge on any atom is 0.325 e. The van der Waals surface area contributed by atoms with Crippen LogP contribution in [0.25, 0.3) is 0 Å². The van der Waals surface area contributed by atoms with E-state index in [2.05, 4.69) is 13.8 Å². The molecule has 0 radical (unpaired) electrons. The third-order valence-electron chi connectivity index (χ3n) is 3.90. The molecule has 0 bridgehead atoms. The summed E-state index contributed by atoms with van der Waals surface area (Å²) in [5, 5.41) is 0.641. The Kier molecular flexibility index (Phi) is 6.28. The molecular weight excluding hydrogens is 314 g/mol. The van der Waals surface area contributed by atoms with E-state index in [1.54, 1.807) is 21.9 Å². The molecule has 5 nitrogen and oxygen atoms in total. The fourth-order valence-corrected chi connectivity index (χ4v) is 2.88. The molecule has 1 heterocycles. The van der Waals surface area contributed by atoms with Crippen LogP contribution in [-0.4, -0.2) is 54.5 Å². The molecule has 126 valence electrons. The Morgan fingerprint density at radius 2 is 1.74 bits per heavy atom. The van der Waals surface area contributed by atoms with Crippen molar-refractivity contribution >= 4 is 29.2 Å². The molecular formula is C17H24ClN3O2. The van der Waals surface area contributed by atoms with Gasteiger partial charge in [-0.2, -0.15) is 0 Å². The largest absolute Gasteiger partial charge is 0.341 e. The number of halogens is 1. The number of hydrogen-bond donors (Lipinski definition) is 0. The van der Waals surface area contributed by atoms with Crippen LogP contribution in [0, 0.1) is 0 Å². The van der Waals surface area contributed by atoms with E-state index in [4.69, 9.17) is 11.6 Å². The standard InChI is InChI=1S/C17H24ClN3O2/c1-3-9-19(10-4-2)16(22)13-20-11-12-21(17(20)23)15-7-5-14(18)6-8-15/h5-8H,3-4,9-13H2,1-2H3. The summed E-state index contributed by atoms with van der Waals surface area (Å²) in [5.74, 6) is 0.0278. The van der Waals surface area contributed by atoms with Crippen molar-refractivity contribution in [1.29, 1.82) is 0 Å². The summed E-state index contributed by atoms with van der Waals surface area (Å²) in [6.07, 6.45) is 1.85. The number of benzene rings is 1. The number of carbonyl (C=O) groups is 2. The Morgan fingerprint density at radius 3 is 2.30 bits per heavy atom. The van der Waals surface area contributed by atoms with Crippen LogP contribution in [-0.2, 0) is 4.79 Å². The molecule has 6 heteroatoms. The van der Waals surface area contributed by atoms with Gasteiger partial charge in [0.2, 0.25) is 5.91 Å². The van der Waals surface area contributed by atoms with Gasteiger partial charge in [0.15, 0.2) is 0 Å². The third kappa shape index (κ3) is 4.38. The predicted octanol–water partition coefficient (Wildman–Crippen LogP) is 3.23. The van der Waals surface area contributed by atoms with E-state index < -0.39 is 0 Å². The molecule has 1 aromatic rings. The molecule has 23 heavy (non-hydrogen) atoms. The lowest BCUT2D eigenvalue weighted by Crippen LogP contribution is -2.42. The highest BCUT2D eigenvalue weighted by atomic mass is 35.5. The minimum absolute atomic E-state index is 0.0278. The fraction of sp³-hybridized carbons (Fsp3) is 0.529. The molecule has 1 aromatic carbocycles. The Balaban J connectivity index is 1.98. The van der Waals surface area contributed by atoms with E-state index >= 15 is 0 Å². The molecule has 1 saturated heterocycles. The summed E-state index contributed by atoms with van der Waals surface area (Å²) in [4.78, 5) is 30.1. The molecule has 1 fully saturated rings. The van der Waals surface area contributed by atoms with Crippen molar-refractivity contribution in [2.75, 3.05) is 37.6 Å². The molecule has 0 saturated carbocycles. The zero-order chi connectivity index (χ0) is 16.8. The first-order valence-electron chi connectivity index (χ1n) is 8.16. The summed E-state index contributed by atoms with van der Waals surface area (Å²) >= 11 is 5.88. The summed E-state index contributed by atoms with van der Waals surface area (Å²) in [7, 11) is 0. The van der Waals surface area contributed by atoms with Crippen LogP contribution >= 0.6 is 11.6 Å².